The van der Waals surface area contributed by atoms with Gasteiger partial charge in [-0.05, 0) is 19.8 Å². The zero-order valence-electron chi connectivity index (χ0n) is 10.2. The van der Waals surface area contributed by atoms with Crippen molar-refractivity contribution in [3.8, 4) is 0 Å². The highest BCUT2D eigenvalue weighted by Crippen LogP contribution is 2.47. The molecular weight excluding hydrogens is 270 g/mol. The van der Waals surface area contributed by atoms with Gasteiger partial charge < -0.3 is 0 Å². The SMILES string of the molecule is C=C1C(Cl)=C(C)C(=O)N1c1nc(C2(C)CC2)ns1. The monoisotopic (exact) mass is 281 g/mol. The normalized spacial score (nSPS) is 22.1. The van der Waals surface area contributed by atoms with Crippen LogP contribution < -0.4 is 4.90 Å². The molecule has 94 valence electrons. The van der Waals surface area contributed by atoms with Crippen LogP contribution in [0.15, 0.2) is 22.9 Å². The Hall–Kier alpha value is -1.20. The topological polar surface area (TPSA) is 46.1 Å². The molecule has 0 saturated heterocycles. The van der Waals surface area contributed by atoms with Gasteiger partial charge in [-0.15, -0.1) is 0 Å². The van der Waals surface area contributed by atoms with E-state index in [-0.39, 0.29) is 11.3 Å². The molecule has 1 amide bonds. The summed E-state index contributed by atoms with van der Waals surface area (Å²) in [4.78, 5) is 18.0. The molecule has 1 fully saturated rings. The molecule has 6 heteroatoms. The van der Waals surface area contributed by atoms with Crippen LogP contribution in [0.5, 0.6) is 0 Å². The molecule has 0 aromatic carbocycles. The lowest BCUT2D eigenvalue weighted by Crippen LogP contribution is -2.24. The quantitative estimate of drug-likeness (QED) is 0.837. The molecular formula is C12H12ClN3OS. The number of hydrogen-bond donors (Lipinski definition) is 0. The maximum Gasteiger partial charge on any atom is 0.261 e. The largest absolute Gasteiger partial charge is 0.269 e. The molecule has 0 bridgehead atoms. The molecule has 4 nitrogen and oxygen atoms in total. The van der Waals surface area contributed by atoms with Gasteiger partial charge in [-0.1, -0.05) is 25.1 Å². The van der Waals surface area contributed by atoms with Crippen molar-refractivity contribution in [2.45, 2.75) is 32.1 Å². The van der Waals surface area contributed by atoms with Gasteiger partial charge in [-0.3, -0.25) is 9.69 Å². The van der Waals surface area contributed by atoms with E-state index in [9.17, 15) is 4.79 Å². The molecule has 18 heavy (non-hydrogen) atoms. The van der Waals surface area contributed by atoms with Crippen molar-refractivity contribution in [3.05, 3.63) is 28.7 Å². The van der Waals surface area contributed by atoms with Crippen LogP contribution in [0.3, 0.4) is 0 Å². The molecule has 1 aliphatic heterocycles. The summed E-state index contributed by atoms with van der Waals surface area (Å²) in [6, 6.07) is 0. The summed E-state index contributed by atoms with van der Waals surface area (Å²) in [5.74, 6) is 0.664. The average Bonchev–Trinajstić information content (AvgIpc) is 2.85. The van der Waals surface area contributed by atoms with Crippen LogP contribution in [0.1, 0.15) is 32.5 Å². The molecule has 0 unspecified atom stereocenters. The van der Waals surface area contributed by atoms with Crippen LogP contribution in [-0.4, -0.2) is 15.3 Å². The molecule has 2 aliphatic rings. The highest BCUT2D eigenvalue weighted by Gasteiger charge is 2.44. The van der Waals surface area contributed by atoms with Gasteiger partial charge in [0.25, 0.3) is 5.91 Å². The second-order valence-electron chi connectivity index (χ2n) is 4.99. The summed E-state index contributed by atoms with van der Waals surface area (Å²) in [5.41, 5.74) is 1.10. The van der Waals surface area contributed by atoms with E-state index in [1.54, 1.807) is 6.92 Å². The number of hydrogen-bond acceptors (Lipinski definition) is 4. The van der Waals surface area contributed by atoms with Gasteiger partial charge in [0, 0.05) is 22.5 Å². The Kier molecular flexibility index (Phi) is 2.40. The maximum absolute atomic E-state index is 12.1. The lowest BCUT2D eigenvalue weighted by molar-refractivity contribution is -0.114. The number of allylic oxidation sites excluding steroid dienone is 1. The third-order valence-electron chi connectivity index (χ3n) is 3.52. The summed E-state index contributed by atoms with van der Waals surface area (Å²) in [6.45, 7) is 7.66. The predicted molar refractivity (Wildman–Crippen MR) is 71.7 cm³/mol. The Bertz CT molecular complexity index is 576. The number of carbonyl (C=O) groups is 1. The molecule has 2 heterocycles. The Labute approximate surface area is 114 Å². The molecule has 0 spiro atoms. The fourth-order valence-electron chi connectivity index (χ4n) is 1.86. The molecule has 1 saturated carbocycles. The first-order valence-corrected chi connectivity index (χ1v) is 6.83. The van der Waals surface area contributed by atoms with Crippen molar-refractivity contribution in [3.63, 3.8) is 0 Å². The number of nitrogens with zero attached hydrogens (tertiary/aromatic N) is 3. The zero-order chi connectivity index (χ0) is 13.1. The highest BCUT2D eigenvalue weighted by molar-refractivity contribution is 7.10. The third kappa shape index (κ3) is 1.54. The van der Waals surface area contributed by atoms with E-state index in [0.717, 1.165) is 18.7 Å². The minimum Gasteiger partial charge on any atom is -0.269 e. The Morgan fingerprint density at radius 3 is 2.67 bits per heavy atom. The maximum atomic E-state index is 12.1. The molecule has 1 aliphatic carbocycles. The number of aromatic nitrogens is 2. The minimum atomic E-state index is -0.159. The zero-order valence-corrected chi connectivity index (χ0v) is 11.7. The number of anilines is 1. The minimum absolute atomic E-state index is 0.102. The molecule has 1 aromatic rings. The molecule has 3 rings (SSSR count). The van der Waals surface area contributed by atoms with Crippen molar-refractivity contribution in [2.24, 2.45) is 0 Å². The highest BCUT2D eigenvalue weighted by atomic mass is 35.5. The van der Waals surface area contributed by atoms with Crippen LogP contribution in [0, 0.1) is 0 Å². The second-order valence-corrected chi connectivity index (χ2v) is 6.10. The standard InChI is InChI=1S/C12H12ClN3OS/c1-6-8(13)7(2)16(9(6)17)11-14-10(15-18-11)12(3)4-5-12/h2,4-5H2,1,3H3. The van der Waals surface area contributed by atoms with Crippen LogP contribution >= 0.6 is 23.1 Å². The van der Waals surface area contributed by atoms with E-state index in [1.807, 2.05) is 0 Å². The van der Waals surface area contributed by atoms with Gasteiger partial charge in [0.05, 0.1) is 10.7 Å². The molecule has 0 N–H and O–H groups in total. The number of amides is 1. The Balaban J connectivity index is 1.95. The van der Waals surface area contributed by atoms with Crippen molar-refractivity contribution >= 4 is 34.2 Å². The lowest BCUT2D eigenvalue weighted by atomic mass is 10.1. The van der Waals surface area contributed by atoms with E-state index in [0.29, 0.717) is 21.4 Å². The van der Waals surface area contributed by atoms with E-state index < -0.39 is 0 Å². The second kappa shape index (κ2) is 3.65. The van der Waals surface area contributed by atoms with Gasteiger partial charge in [0.15, 0.2) is 5.82 Å². The fourth-order valence-corrected chi connectivity index (χ4v) is 2.86. The predicted octanol–water partition coefficient (Wildman–Crippen LogP) is 2.96. The fraction of sp³-hybridized carbons (Fsp3) is 0.417. The summed E-state index contributed by atoms with van der Waals surface area (Å²) >= 11 is 7.26. The van der Waals surface area contributed by atoms with Gasteiger partial charge in [0.2, 0.25) is 5.13 Å². The molecule has 1 aromatic heterocycles. The van der Waals surface area contributed by atoms with E-state index >= 15 is 0 Å². The van der Waals surface area contributed by atoms with Crippen LogP contribution in [-0.2, 0) is 10.2 Å². The van der Waals surface area contributed by atoms with E-state index in [2.05, 4.69) is 22.9 Å². The van der Waals surface area contributed by atoms with Gasteiger partial charge >= 0.3 is 0 Å². The summed E-state index contributed by atoms with van der Waals surface area (Å²) in [7, 11) is 0. The number of rotatable bonds is 2. The lowest BCUT2D eigenvalue weighted by Gasteiger charge is -2.13. The van der Waals surface area contributed by atoms with E-state index in [1.165, 1.54) is 16.4 Å². The third-order valence-corrected chi connectivity index (χ3v) is 4.73. The summed E-state index contributed by atoms with van der Waals surface area (Å²) in [6.07, 6.45) is 2.21. The Morgan fingerprint density at radius 1 is 1.50 bits per heavy atom. The van der Waals surface area contributed by atoms with Crippen molar-refractivity contribution in [1.82, 2.24) is 9.36 Å². The van der Waals surface area contributed by atoms with Crippen molar-refractivity contribution in [1.29, 1.82) is 0 Å². The van der Waals surface area contributed by atoms with Crippen molar-refractivity contribution in [2.75, 3.05) is 4.90 Å². The summed E-state index contributed by atoms with van der Waals surface area (Å²) in [5, 5.41) is 0.970. The smallest absolute Gasteiger partial charge is 0.261 e. The van der Waals surface area contributed by atoms with Gasteiger partial charge in [0.1, 0.15) is 0 Å². The van der Waals surface area contributed by atoms with Crippen LogP contribution in [0.25, 0.3) is 0 Å². The number of carbonyl (C=O) groups excluding carboxylic acids is 1. The van der Waals surface area contributed by atoms with E-state index in [4.69, 9.17) is 11.6 Å². The van der Waals surface area contributed by atoms with Gasteiger partial charge in [-0.2, -0.15) is 4.37 Å². The summed E-state index contributed by atoms with van der Waals surface area (Å²) < 4.78 is 4.35. The average molecular weight is 282 g/mol. The van der Waals surface area contributed by atoms with Crippen molar-refractivity contribution < 1.29 is 4.79 Å². The first-order chi connectivity index (χ1) is 8.44. The number of halogens is 1. The molecule has 0 radical (unpaired) electrons. The first kappa shape index (κ1) is 11.9. The van der Waals surface area contributed by atoms with Gasteiger partial charge in [-0.25, -0.2) is 4.98 Å². The van der Waals surface area contributed by atoms with Crippen LogP contribution in [0.2, 0.25) is 0 Å². The molecule has 0 atom stereocenters. The Morgan fingerprint density at radius 2 is 2.17 bits per heavy atom. The van der Waals surface area contributed by atoms with Crippen LogP contribution in [0.4, 0.5) is 5.13 Å². The first-order valence-electron chi connectivity index (χ1n) is 5.68.